The van der Waals surface area contributed by atoms with Gasteiger partial charge in [-0.15, -0.1) is 0 Å². The van der Waals surface area contributed by atoms with Crippen molar-refractivity contribution in [1.82, 2.24) is 4.90 Å². The molecule has 0 atom stereocenters. The van der Waals surface area contributed by atoms with Gasteiger partial charge in [0.2, 0.25) is 0 Å². The zero-order valence-electron chi connectivity index (χ0n) is 12.8. The highest BCUT2D eigenvalue weighted by Crippen LogP contribution is 2.13. The Morgan fingerprint density at radius 2 is 1.47 bits per heavy atom. The van der Waals surface area contributed by atoms with Gasteiger partial charge in [-0.1, -0.05) is 18.6 Å². The van der Waals surface area contributed by atoms with Crippen LogP contribution < -0.4 is 0 Å². The predicted octanol–water partition coefficient (Wildman–Crippen LogP) is 4.52. The molecule has 3 nitrogen and oxygen atoms in total. The van der Waals surface area contributed by atoms with E-state index >= 15 is 0 Å². The second kappa shape index (κ2) is 8.23. The molecule has 110 valence electrons. The van der Waals surface area contributed by atoms with Gasteiger partial charge in [-0.05, 0) is 59.3 Å². The minimum absolute atomic E-state index is 0.153. The lowest BCUT2D eigenvalue weighted by Crippen LogP contribution is -2.38. The monoisotopic (exact) mass is 267 g/mol. The fourth-order valence-corrected chi connectivity index (χ4v) is 2.16. The van der Waals surface area contributed by atoms with Crippen LogP contribution in [0.5, 0.6) is 0 Å². The summed E-state index contributed by atoms with van der Waals surface area (Å²) < 4.78 is 5.47. The molecule has 0 unspecified atom stereocenters. The molecular formula is C16H29NO2. The third-order valence-electron chi connectivity index (χ3n) is 3.17. The van der Waals surface area contributed by atoms with Gasteiger partial charge in [-0.25, -0.2) is 4.79 Å². The molecule has 0 spiro atoms. The maximum absolute atomic E-state index is 12.1. The van der Waals surface area contributed by atoms with Crippen molar-refractivity contribution < 1.29 is 9.53 Å². The van der Waals surface area contributed by atoms with E-state index in [0.717, 1.165) is 38.8 Å². The van der Waals surface area contributed by atoms with Crippen LogP contribution in [0.1, 0.15) is 65.7 Å². The average Bonchev–Trinajstić information content (AvgIpc) is 2.27. The summed E-state index contributed by atoms with van der Waals surface area (Å²) in [5.74, 6) is 0. The summed E-state index contributed by atoms with van der Waals surface area (Å²) >= 11 is 0. The first-order valence-electron chi connectivity index (χ1n) is 7.62. The van der Waals surface area contributed by atoms with Crippen LogP contribution in [-0.2, 0) is 4.74 Å². The molecule has 0 aromatic heterocycles. The molecule has 1 aliphatic rings. The molecule has 0 saturated heterocycles. The fourth-order valence-electron chi connectivity index (χ4n) is 2.16. The number of allylic oxidation sites excluding steroid dienone is 2. The third kappa shape index (κ3) is 7.91. The molecule has 0 fully saturated rings. The number of hydrogen-bond acceptors (Lipinski definition) is 2. The molecule has 0 saturated carbocycles. The Balaban J connectivity index is 2.48. The average molecular weight is 267 g/mol. The number of carbonyl (C=O) groups is 1. The smallest absolute Gasteiger partial charge is 0.410 e. The molecule has 0 aromatic rings. The van der Waals surface area contributed by atoms with E-state index in [-0.39, 0.29) is 6.09 Å². The molecule has 0 radical (unpaired) electrons. The van der Waals surface area contributed by atoms with E-state index in [4.69, 9.17) is 4.74 Å². The minimum Gasteiger partial charge on any atom is -0.444 e. The van der Waals surface area contributed by atoms with Gasteiger partial charge in [0.05, 0.1) is 0 Å². The molecule has 0 aliphatic carbocycles. The predicted molar refractivity (Wildman–Crippen MR) is 79.3 cm³/mol. The topological polar surface area (TPSA) is 29.5 Å². The quantitative estimate of drug-likeness (QED) is 0.604. The molecule has 19 heavy (non-hydrogen) atoms. The lowest BCUT2D eigenvalue weighted by atomic mass is 10.1. The van der Waals surface area contributed by atoms with Gasteiger partial charge in [-0.3, -0.25) is 0 Å². The largest absolute Gasteiger partial charge is 0.444 e. The molecule has 1 heterocycles. The van der Waals surface area contributed by atoms with Crippen LogP contribution >= 0.6 is 0 Å². The van der Waals surface area contributed by atoms with Crippen molar-refractivity contribution in [2.45, 2.75) is 71.3 Å². The number of nitrogens with zero attached hydrogens (tertiary/aromatic N) is 1. The van der Waals surface area contributed by atoms with Gasteiger partial charge in [0.25, 0.3) is 0 Å². The first-order valence-corrected chi connectivity index (χ1v) is 7.62. The summed E-state index contributed by atoms with van der Waals surface area (Å²) in [5.41, 5.74) is -0.399. The zero-order valence-corrected chi connectivity index (χ0v) is 12.8. The molecule has 0 aromatic carbocycles. The highest BCUT2D eigenvalue weighted by molar-refractivity contribution is 5.68. The van der Waals surface area contributed by atoms with Crippen LogP contribution in [0.3, 0.4) is 0 Å². The van der Waals surface area contributed by atoms with Crippen molar-refractivity contribution in [3.63, 3.8) is 0 Å². The van der Waals surface area contributed by atoms with E-state index in [1.165, 1.54) is 19.3 Å². The number of ether oxygens (including phenoxy) is 1. The molecule has 3 heteroatoms. The van der Waals surface area contributed by atoms with Crippen LogP contribution in [0.25, 0.3) is 0 Å². The number of hydrogen-bond donors (Lipinski definition) is 0. The lowest BCUT2D eigenvalue weighted by molar-refractivity contribution is 0.0244. The van der Waals surface area contributed by atoms with Gasteiger partial charge in [-0.2, -0.15) is 0 Å². The van der Waals surface area contributed by atoms with E-state index in [1.54, 1.807) is 0 Å². The van der Waals surface area contributed by atoms with Crippen LogP contribution in [0.15, 0.2) is 12.2 Å². The van der Waals surface area contributed by atoms with Gasteiger partial charge in [0.15, 0.2) is 0 Å². The van der Waals surface area contributed by atoms with Crippen molar-refractivity contribution in [3.8, 4) is 0 Å². The van der Waals surface area contributed by atoms with Crippen molar-refractivity contribution in [1.29, 1.82) is 0 Å². The first-order chi connectivity index (χ1) is 8.99. The van der Waals surface area contributed by atoms with Gasteiger partial charge < -0.3 is 9.64 Å². The first kappa shape index (κ1) is 16.1. The lowest BCUT2D eigenvalue weighted by Gasteiger charge is -2.27. The number of rotatable bonds is 0. The van der Waals surface area contributed by atoms with E-state index in [1.807, 2.05) is 25.7 Å². The summed E-state index contributed by atoms with van der Waals surface area (Å²) in [6.45, 7) is 7.42. The molecule has 0 bridgehead atoms. The Morgan fingerprint density at radius 3 is 2.05 bits per heavy atom. The third-order valence-corrected chi connectivity index (χ3v) is 3.17. The highest BCUT2D eigenvalue weighted by Gasteiger charge is 2.21. The normalized spacial score (nSPS) is 21.1. The number of amides is 1. The van der Waals surface area contributed by atoms with Crippen LogP contribution in [0.4, 0.5) is 4.79 Å². The van der Waals surface area contributed by atoms with E-state index in [9.17, 15) is 4.79 Å². The summed E-state index contributed by atoms with van der Waals surface area (Å²) in [7, 11) is 0. The number of carbonyl (C=O) groups excluding carboxylic acids is 1. The van der Waals surface area contributed by atoms with E-state index < -0.39 is 5.60 Å². The van der Waals surface area contributed by atoms with Gasteiger partial charge in [0, 0.05) is 13.1 Å². The van der Waals surface area contributed by atoms with Crippen molar-refractivity contribution in [2.75, 3.05) is 13.1 Å². The van der Waals surface area contributed by atoms with Crippen molar-refractivity contribution in [3.05, 3.63) is 12.2 Å². The fraction of sp³-hybridized carbons (Fsp3) is 0.812. The van der Waals surface area contributed by atoms with Crippen molar-refractivity contribution in [2.24, 2.45) is 0 Å². The van der Waals surface area contributed by atoms with Crippen molar-refractivity contribution >= 4 is 6.09 Å². The SMILES string of the molecule is CC(C)(C)OC(=O)N1CCCC/C=C\CCCCC1. The Bertz CT molecular complexity index is 292. The summed E-state index contributed by atoms with van der Waals surface area (Å²) in [6, 6.07) is 0. The molecular weight excluding hydrogens is 238 g/mol. The summed E-state index contributed by atoms with van der Waals surface area (Å²) in [5, 5.41) is 0. The standard InChI is InChI=1S/C16H29NO2/c1-16(2,3)19-15(18)17-13-11-9-7-5-4-6-8-10-12-14-17/h4-5H,6-14H2,1-3H3/b5-4-. The zero-order chi connectivity index (χ0) is 14.1. The molecule has 1 aliphatic heterocycles. The van der Waals surface area contributed by atoms with E-state index in [2.05, 4.69) is 12.2 Å². The second-order valence-corrected chi connectivity index (χ2v) is 6.28. The Hall–Kier alpha value is -0.990. The van der Waals surface area contributed by atoms with Gasteiger partial charge in [0.1, 0.15) is 5.60 Å². The summed E-state index contributed by atoms with van der Waals surface area (Å²) in [6.07, 6.45) is 12.4. The molecule has 1 amide bonds. The minimum atomic E-state index is -0.399. The van der Waals surface area contributed by atoms with Crippen LogP contribution in [-0.4, -0.2) is 29.7 Å². The van der Waals surface area contributed by atoms with Gasteiger partial charge >= 0.3 is 6.09 Å². The molecule has 1 rings (SSSR count). The molecule has 0 N–H and O–H groups in total. The Morgan fingerprint density at radius 1 is 0.947 bits per heavy atom. The maximum atomic E-state index is 12.1. The Kier molecular flexibility index (Phi) is 6.96. The van der Waals surface area contributed by atoms with E-state index in [0.29, 0.717) is 0 Å². The Labute approximate surface area is 118 Å². The van der Waals surface area contributed by atoms with Crippen LogP contribution in [0.2, 0.25) is 0 Å². The highest BCUT2D eigenvalue weighted by atomic mass is 16.6. The maximum Gasteiger partial charge on any atom is 0.410 e. The second-order valence-electron chi connectivity index (χ2n) is 6.28. The summed E-state index contributed by atoms with van der Waals surface area (Å²) in [4.78, 5) is 14.0. The van der Waals surface area contributed by atoms with Crippen LogP contribution in [0, 0.1) is 0 Å².